The van der Waals surface area contributed by atoms with Crippen LogP contribution >= 0.6 is 0 Å². The molecule has 0 unspecified atom stereocenters. The maximum Gasteiger partial charge on any atom is 0.348 e. The Morgan fingerprint density at radius 1 is 1.37 bits per heavy atom. The SMILES string of the molecule is Cc1noc(C)c1-n1c(-c2ccn(C)n2)n[nH]c1=O. The van der Waals surface area contributed by atoms with Crippen LogP contribution in [0.2, 0.25) is 0 Å². The van der Waals surface area contributed by atoms with Crippen LogP contribution in [0.3, 0.4) is 0 Å². The second-order valence-electron chi connectivity index (χ2n) is 4.24. The molecule has 8 nitrogen and oxygen atoms in total. The quantitative estimate of drug-likeness (QED) is 0.726. The molecule has 0 bridgehead atoms. The van der Waals surface area contributed by atoms with E-state index in [0.717, 1.165) is 0 Å². The Morgan fingerprint density at radius 3 is 2.74 bits per heavy atom. The molecule has 0 fully saturated rings. The first-order chi connectivity index (χ1) is 9.08. The normalized spacial score (nSPS) is 11.1. The van der Waals surface area contributed by atoms with E-state index >= 15 is 0 Å². The number of H-pyrrole nitrogens is 1. The van der Waals surface area contributed by atoms with Crippen molar-refractivity contribution in [1.29, 1.82) is 0 Å². The number of aromatic nitrogens is 6. The van der Waals surface area contributed by atoms with Gasteiger partial charge in [-0.2, -0.15) is 10.2 Å². The Balaban J connectivity index is 2.28. The summed E-state index contributed by atoms with van der Waals surface area (Å²) in [4.78, 5) is 12.0. The van der Waals surface area contributed by atoms with Crippen molar-refractivity contribution < 1.29 is 4.52 Å². The molecule has 1 N–H and O–H groups in total. The van der Waals surface area contributed by atoms with Gasteiger partial charge in [0.05, 0.1) is 0 Å². The molecule has 8 heteroatoms. The number of hydrogen-bond donors (Lipinski definition) is 1. The first-order valence-corrected chi connectivity index (χ1v) is 5.68. The van der Waals surface area contributed by atoms with E-state index in [9.17, 15) is 4.79 Å². The molecular formula is C11H12N6O2. The van der Waals surface area contributed by atoms with Crippen LogP contribution in [-0.2, 0) is 7.05 Å². The fourth-order valence-corrected chi connectivity index (χ4v) is 2.01. The van der Waals surface area contributed by atoms with Gasteiger partial charge in [-0.25, -0.2) is 14.5 Å². The molecule has 0 saturated carbocycles. The van der Waals surface area contributed by atoms with Crippen molar-refractivity contribution in [2.75, 3.05) is 0 Å². The van der Waals surface area contributed by atoms with Gasteiger partial charge in [0.2, 0.25) is 0 Å². The standard InChI is InChI=1S/C11H12N6O2/c1-6-9(7(2)19-15-6)17-10(12-13-11(17)18)8-4-5-16(3)14-8/h4-5H,1-3H3,(H,13,18). The Kier molecular flexibility index (Phi) is 2.37. The van der Waals surface area contributed by atoms with E-state index in [-0.39, 0.29) is 5.69 Å². The summed E-state index contributed by atoms with van der Waals surface area (Å²) in [6.45, 7) is 3.52. The number of nitrogens with zero attached hydrogens (tertiary/aromatic N) is 5. The molecule has 0 spiro atoms. The predicted octanol–water partition coefficient (Wildman–Crippen LogP) is 0.566. The zero-order valence-electron chi connectivity index (χ0n) is 10.7. The molecule has 3 aromatic rings. The molecule has 3 aromatic heterocycles. The van der Waals surface area contributed by atoms with Gasteiger partial charge < -0.3 is 4.52 Å². The second kappa shape index (κ2) is 3.94. The van der Waals surface area contributed by atoms with Crippen LogP contribution in [0.1, 0.15) is 11.5 Å². The van der Waals surface area contributed by atoms with Crippen LogP contribution < -0.4 is 5.69 Å². The van der Waals surface area contributed by atoms with Crippen molar-refractivity contribution >= 4 is 0 Å². The van der Waals surface area contributed by atoms with Crippen molar-refractivity contribution in [2.24, 2.45) is 7.05 Å². The largest absolute Gasteiger partial charge is 0.359 e. The highest BCUT2D eigenvalue weighted by Crippen LogP contribution is 2.21. The first kappa shape index (κ1) is 11.5. The van der Waals surface area contributed by atoms with Crippen LogP contribution in [0.5, 0.6) is 0 Å². The highest BCUT2D eigenvalue weighted by Gasteiger charge is 2.20. The van der Waals surface area contributed by atoms with Gasteiger partial charge in [-0.05, 0) is 19.9 Å². The molecule has 0 aliphatic carbocycles. The van der Waals surface area contributed by atoms with Crippen LogP contribution in [0.25, 0.3) is 17.2 Å². The van der Waals surface area contributed by atoms with E-state index in [1.54, 1.807) is 37.8 Å². The molecule has 0 saturated heterocycles. The van der Waals surface area contributed by atoms with Gasteiger partial charge >= 0.3 is 5.69 Å². The third-order valence-electron chi connectivity index (χ3n) is 2.83. The minimum Gasteiger partial charge on any atom is -0.359 e. The van der Waals surface area contributed by atoms with E-state index < -0.39 is 0 Å². The molecular weight excluding hydrogens is 248 g/mol. The Bertz CT molecular complexity index is 771. The predicted molar refractivity (Wildman–Crippen MR) is 65.9 cm³/mol. The summed E-state index contributed by atoms with van der Waals surface area (Å²) in [5, 5.41) is 14.5. The second-order valence-corrected chi connectivity index (χ2v) is 4.24. The lowest BCUT2D eigenvalue weighted by molar-refractivity contribution is 0.393. The topological polar surface area (TPSA) is 94.5 Å². The number of rotatable bonds is 2. The lowest BCUT2D eigenvalue weighted by Crippen LogP contribution is -2.17. The fraction of sp³-hybridized carbons (Fsp3) is 0.273. The zero-order chi connectivity index (χ0) is 13.6. The molecule has 0 amide bonds. The highest BCUT2D eigenvalue weighted by atomic mass is 16.5. The summed E-state index contributed by atoms with van der Waals surface area (Å²) in [5.41, 5.74) is 1.47. The van der Waals surface area contributed by atoms with Gasteiger partial charge in [0, 0.05) is 13.2 Å². The van der Waals surface area contributed by atoms with Gasteiger partial charge in [0.25, 0.3) is 0 Å². The molecule has 0 aliphatic rings. The summed E-state index contributed by atoms with van der Waals surface area (Å²) in [7, 11) is 1.80. The number of aryl methyl sites for hydroxylation is 3. The number of nitrogens with one attached hydrogen (secondary N) is 1. The Morgan fingerprint density at radius 2 is 2.16 bits per heavy atom. The van der Waals surface area contributed by atoms with Gasteiger partial charge in [0.1, 0.15) is 17.1 Å². The van der Waals surface area contributed by atoms with Crippen molar-refractivity contribution in [3.8, 4) is 17.2 Å². The zero-order valence-corrected chi connectivity index (χ0v) is 10.7. The van der Waals surface area contributed by atoms with E-state index in [1.807, 2.05) is 0 Å². The molecule has 0 atom stereocenters. The van der Waals surface area contributed by atoms with Gasteiger partial charge in [-0.3, -0.25) is 4.68 Å². The Hall–Kier alpha value is -2.64. The number of hydrogen-bond acceptors (Lipinski definition) is 5. The van der Waals surface area contributed by atoms with Gasteiger partial charge in [0.15, 0.2) is 11.6 Å². The molecule has 3 rings (SSSR count). The summed E-state index contributed by atoms with van der Waals surface area (Å²) in [6.07, 6.45) is 1.78. The van der Waals surface area contributed by atoms with Crippen LogP contribution in [-0.4, -0.2) is 29.7 Å². The molecule has 0 aliphatic heterocycles. The van der Waals surface area contributed by atoms with Crippen LogP contribution in [0.4, 0.5) is 0 Å². The molecule has 0 radical (unpaired) electrons. The summed E-state index contributed by atoms with van der Waals surface area (Å²) in [5.74, 6) is 0.984. The monoisotopic (exact) mass is 260 g/mol. The minimum atomic E-state index is -0.352. The molecule has 19 heavy (non-hydrogen) atoms. The minimum absolute atomic E-state index is 0.352. The van der Waals surface area contributed by atoms with E-state index in [0.29, 0.717) is 28.7 Å². The maximum absolute atomic E-state index is 12.0. The third-order valence-corrected chi connectivity index (χ3v) is 2.83. The van der Waals surface area contributed by atoms with Crippen molar-refractivity contribution in [3.63, 3.8) is 0 Å². The maximum atomic E-state index is 12.0. The van der Waals surface area contributed by atoms with Gasteiger partial charge in [-0.15, -0.1) is 0 Å². The van der Waals surface area contributed by atoms with Gasteiger partial charge in [-0.1, -0.05) is 5.16 Å². The molecule has 0 aromatic carbocycles. The average Bonchev–Trinajstić information content (AvgIpc) is 3.02. The van der Waals surface area contributed by atoms with Crippen LogP contribution in [0, 0.1) is 13.8 Å². The average molecular weight is 260 g/mol. The lowest BCUT2D eigenvalue weighted by atomic mass is 10.3. The van der Waals surface area contributed by atoms with E-state index in [1.165, 1.54) is 4.57 Å². The third kappa shape index (κ3) is 1.68. The Labute approximate surface area is 107 Å². The summed E-state index contributed by atoms with van der Waals surface area (Å²) in [6, 6.07) is 1.78. The van der Waals surface area contributed by atoms with Crippen molar-refractivity contribution in [3.05, 3.63) is 34.2 Å². The smallest absolute Gasteiger partial charge is 0.348 e. The number of aromatic amines is 1. The summed E-state index contributed by atoms with van der Waals surface area (Å²) < 4.78 is 8.16. The molecule has 3 heterocycles. The van der Waals surface area contributed by atoms with E-state index in [2.05, 4.69) is 20.5 Å². The molecule has 98 valence electrons. The summed E-state index contributed by atoms with van der Waals surface area (Å²) >= 11 is 0. The fourth-order valence-electron chi connectivity index (χ4n) is 2.01. The van der Waals surface area contributed by atoms with Crippen LogP contribution in [0.15, 0.2) is 21.6 Å². The lowest BCUT2D eigenvalue weighted by Gasteiger charge is -2.02. The first-order valence-electron chi connectivity index (χ1n) is 5.68. The van der Waals surface area contributed by atoms with Crippen molar-refractivity contribution in [1.82, 2.24) is 29.7 Å². The van der Waals surface area contributed by atoms with E-state index in [4.69, 9.17) is 4.52 Å². The van der Waals surface area contributed by atoms with Crippen molar-refractivity contribution in [2.45, 2.75) is 13.8 Å². The highest BCUT2D eigenvalue weighted by molar-refractivity contribution is 5.54.